The lowest BCUT2D eigenvalue weighted by atomic mass is 9.98. The van der Waals surface area contributed by atoms with Gasteiger partial charge in [-0.25, -0.2) is 13.2 Å². The molecule has 2 aromatic rings. The van der Waals surface area contributed by atoms with Crippen molar-refractivity contribution in [3.05, 3.63) is 58.3 Å². The van der Waals surface area contributed by atoms with Crippen LogP contribution in [0.1, 0.15) is 35.6 Å². The lowest BCUT2D eigenvalue weighted by Crippen LogP contribution is -2.23. The SMILES string of the molecule is CCNC(c1cc(F)c(F)cc1F)c1cc(C)oc1C. The molecule has 0 amide bonds. The van der Waals surface area contributed by atoms with Crippen LogP contribution in [0.3, 0.4) is 0 Å². The van der Waals surface area contributed by atoms with Crippen LogP contribution in [0.2, 0.25) is 0 Å². The number of furan rings is 1. The highest BCUT2D eigenvalue weighted by Gasteiger charge is 2.23. The summed E-state index contributed by atoms with van der Waals surface area (Å²) in [5.41, 5.74) is 0.781. The van der Waals surface area contributed by atoms with Crippen LogP contribution in [0.4, 0.5) is 13.2 Å². The van der Waals surface area contributed by atoms with E-state index in [1.54, 1.807) is 19.9 Å². The van der Waals surface area contributed by atoms with Crippen molar-refractivity contribution in [3.63, 3.8) is 0 Å². The zero-order chi connectivity index (χ0) is 14.9. The molecule has 0 fully saturated rings. The first-order valence-corrected chi connectivity index (χ1v) is 6.38. The molecule has 1 unspecified atom stereocenters. The number of aryl methyl sites for hydroxylation is 2. The normalized spacial score (nSPS) is 12.7. The molecule has 0 radical (unpaired) electrons. The minimum Gasteiger partial charge on any atom is -0.466 e. The molecule has 0 aliphatic heterocycles. The molecule has 5 heteroatoms. The number of halogens is 3. The molecule has 2 rings (SSSR count). The van der Waals surface area contributed by atoms with Crippen LogP contribution in [0.25, 0.3) is 0 Å². The first-order valence-electron chi connectivity index (χ1n) is 6.38. The summed E-state index contributed by atoms with van der Waals surface area (Å²) >= 11 is 0. The van der Waals surface area contributed by atoms with Gasteiger partial charge in [-0.05, 0) is 32.5 Å². The number of hydrogen-bond acceptors (Lipinski definition) is 2. The van der Waals surface area contributed by atoms with Crippen molar-refractivity contribution in [3.8, 4) is 0 Å². The summed E-state index contributed by atoms with van der Waals surface area (Å²) in [6.45, 7) is 5.94. The highest BCUT2D eigenvalue weighted by atomic mass is 19.2. The maximum Gasteiger partial charge on any atom is 0.161 e. The quantitative estimate of drug-likeness (QED) is 0.858. The fourth-order valence-electron chi connectivity index (χ4n) is 2.29. The molecule has 20 heavy (non-hydrogen) atoms. The van der Waals surface area contributed by atoms with Gasteiger partial charge in [-0.2, -0.15) is 0 Å². The van der Waals surface area contributed by atoms with E-state index in [-0.39, 0.29) is 5.56 Å². The Morgan fingerprint density at radius 1 is 1.00 bits per heavy atom. The maximum atomic E-state index is 14.0. The van der Waals surface area contributed by atoms with Crippen LogP contribution < -0.4 is 5.32 Å². The van der Waals surface area contributed by atoms with Crippen molar-refractivity contribution < 1.29 is 17.6 Å². The molecule has 0 aliphatic rings. The Bertz CT molecular complexity index is 622. The molecule has 0 spiro atoms. The Balaban J connectivity index is 2.54. The van der Waals surface area contributed by atoms with Crippen molar-refractivity contribution in [2.75, 3.05) is 6.54 Å². The van der Waals surface area contributed by atoms with Crippen molar-refractivity contribution in [1.82, 2.24) is 5.32 Å². The minimum absolute atomic E-state index is 0.0645. The van der Waals surface area contributed by atoms with Gasteiger partial charge in [-0.3, -0.25) is 0 Å². The number of benzene rings is 1. The van der Waals surface area contributed by atoms with E-state index in [4.69, 9.17) is 4.42 Å². The third-order valence-corrected chi connectivity index (χ3v) is 3.15. The van der Waals surface area contributed by atoms with E-state index in [1.807, 2.05) is 6.92 Å². The molecule has 0 aliphatic carbocycles. The first kappa shape index (κ1) is 14.7. The average molecular weight is 283 g/mol. The minimum atomic E-state index is -1.19. The fraction of sp³-hybridized carbons (Fsp3) is 0.333. The Hall–Kier alpha value is -1.75. The summed E-state index contributed by atoms with van der Waals surface area (Å²) in [6.07, 6.45) is 0. The topological polar surface area (TPSA) is 25.2 Å². The van der Waals surface area contributed by atoms with Gasteiger partial charge in [0.15, 0.2) is 11.6 Å². The second-order valence-electron chi connectivity index (χ2n) is 4.65. The molecule has 0 bridgehead atoms. The molecular formula is C15H16F3NO. The van der Waals surface area contributed by atoms with Crippen molar-refractivity contribution in [1.29, 1.82) is 0 Å². The van der Waals surface area contributed by atoms with Crippen molar-refractivity contribution in [2.24, 2.45) is 0 Å². The molecule has 108 valence electrons. The highest BCUT2D eigenvalue weighted by Crippen LogP contribution is 2.30. The zero-order valence-corrected chi connectivity index (χ0v) is 11.6. The standard InChI is InChI=1S/C15H16F3NO/c1-4-19-15(10-5-8(2)20-9(10)3)11-6-13(17)14(18)7-12(11)16/h5-7,15,19H,4H2,1-3H3. The average Bonchev–Trinajstić information content (AvgIpc) is 2.70. The van der Waals surface area contributed by atoms with E-state index >= 15 is 0 Å². The van der Waals surface area contributed by atoms with Crippen LogP contribution in [0.15, 0.2) is 22.6 Å². The largest absolute Gasteiger partial charge is 0.466 e. The summed E-state index contributed by atoms with van der Waals surface area (Å²) in [5.74, 6) is -1.74. The van der Waals surface area contributed by atoms with E-state index in [0.29, 0.717) is 29.7 Å². The molecule has 1 aromatic carbocycles. The van der Waals surface area contributed by atoms with Gasteiger partial charge in [0.1, 0.15) is 17.3 Å². The zero-order valence-electron chi connectivity index (χ0n) is 11.6. The van der Waals surface area contributed by atoms with Crippen molar-refractivity contribution in [2.45, 2.75) is 26.8 Å². The maximum absolute atomic E-state index is 14.0. The second kappa shape index (κ2) is 5.71. The Kier molecular flexibility index (Phi) is 4.18. The van der Waals surface area contributed by atoms with Gasteiger partial charge in [0.25, 0.3) is 0 Å². The Labute approximate surface area is 115 Å². The van der Waals surface area contributed by atoms with Crippen LogP contribution >= 0.6 is 0 Å². The summed E-state index contributed by atoms with van der Waals surface area (Å²) in [4.78, 5) is 0. The number of rotatable bonds is 4. The van der Waals surface area contributed by atoms with E-state index in [9.17, 15) is 13.2 Å². The van der Waals surface area contributed by atoms with Gasteiger partial charge >= 0.3 is 0 Å². The summed E-state index contributed by atoms with van der Waals surface area (Å²) in [6, 6.07) is 2.65. The molecule has 1 heterocycles. The summed E-state index contributed by atoms with van der Waals surface area (Å²) < 4.78 is 45.8. The Morgan fingerprint density at radius 2 is 1.65 bits per heavy atom. The monoisotopic (exact) mass is 283 g/mol. The molecular weight excluding hydrogens is 267 g/mol. The Morgan fingerprint density at radius 3 is 2.20 bits per heavy atom. The van der Waals surface area contributed by atoms with Crippen LogP contribution in [0, 0.1) is 31.3 Å². The molecule has 0 saturated carbocycles. The van der Waals surface area contributed by atoms with Crippen LogP contribution in [0.5, 0.6) is 0 Å². The predicted octanol–water partition coefficient (Wildman–Crippen LogP) is 4.01. The lowest BCUT2D eigenvalue weighted by Gasteiger charge is -2.19. The highest BCUT2D eigenvalue weighted by molar-refractivity contribution is 5.35. The van der Waals surface area contributed by atoms with E-state index in [1.165, 1.54) is 0 Å². The van der Waals surface area contributed by atoms with Gasteiger partial charge in [-0.1, -0.05) is 6.92 Å². The van der Waals surface area contributed by atoms with E-state index < -0.39 is 23.5 Å². The van der Waals surface area contributed by atoms with Gasteiger partial charge < -0.3 is 9.73 Å². The van der Waals surface area contributed by atoms with Gasteiger partial charge in [0, 0.05) is 17.2 Å². The third kappa shape index (κ3) is 2.72. The molecule has 1 N–H and O–H groups in total. The molecule has 2 nitrogen and oxygen atoms in total. The number of hydrogen-bond donors (Lipinski definition) is 1. The van der Waals surface area contributed by atoms with Gasteiger partial charge in [0.2, 0.25) is 0 Å². The van der Waals surface area contributed by atoms with Crippen molar-refractivity contribution >= 4 is 0 Å². The smallest absolute Gasteiger partial charge is 0.161 e. The van der Waals surface area contributed by atoms with Gasteiger partial charge in [0.05, 0.1) is 6.04 Å². The molecule has 1 aromatic heterocycles. The van der Waals surface area contributed by atoms with E-state index in [2.05, 4.69) is 5.32 Å². The predicted molar refractivity (Wildman–Crippen MR) is 70.0 cm³/mol. The third-order valence-electron chi connectivity index (χ3n) is 3.15. The van der Waals surface area contributed by atoms with Crippen LogP contribution in [-0.2, 0) is 0 Å². The lowest BCUT2D eigenvalue weighted by molar-refractivity contribution is 0.475. The van der Waals surface area contributed by atoms with Crippen LogP contribution in [-0.4, -0.2) is 6.54 Å². The summed E-state index contributed by atoms with van der Waals surface area (Å²) in [5, 5.41) is 3.07. The van der Waals surface area contributed by atoms with E-state index in [0.717, 1.165) is 6.07 Å². The number of nitrogens with one attached hydrogen (secondary N) is 1. The summed E-state index contributed by atoms with van der Waals surface area (Å²) in [7, 11) is 0. The second-order valence-corrected chi connectivity index (χ2v) is 4.65. The molecule has 0 saturated heterocycles. The first-order chi connectivity index (χ1) is 9.43. The fourth-order valence-corrected chi connectivity index (χ4v) is 2.29. The van der Waals surface area contributed by atoms with Gasteiger partial charge in [-0.15, -0.1) is 0 Å². The molecule has 1 atom stereocenters.